The van der Waals surface area contributed by atoms with E-state index in [-0.39, 0.29) is 29.4 Å². The Hall–Kier alpha value is -2.33. The Morgan fingerprint density at radius 1 is 1.23 bits per heavy atom. The van der Waals surface area contributed by atoms with Crippen LogP contribution in [0.15, 0.2) is 36.4 Å². The summed E-state index contributed by atoms with van der Waals surface area (Å²) >= 11 is 6.39. The molecule has 2 aromatic rings. The second-order valence-corrected chi connectivity index (χ2v) is 15.8. The third kappa shape index (κ3) is 6.42. The van der Waals surface area contributed by atoms with Crippen LogP contribution in [0.25, 0.3) is 0 Å². The summed E-state index contributed by atoms with van der Waals surface area (Å²) in [5.74, 6) is 0.0705. The molecule has 10 heteroatoms. The molecule has 8 nitrogen and oxygen atoms in total. The lowest BCUT2D eigenvalue weighted by Crippen LogP contribution is -2.54. The molecule has 4 atom stereocenters. The molecule has 2 aliphatic carbocycles. The van der Waals surface area contributed by atoms with E-state index in [2.05, 4.69) is 28.7 Å². The molecule has 5 rings (SSSR count). The fraction of sp³-hybridized carbons (Fsp3) is 0.606. The fourth-order valence-electron chi connectivity index (χ4n) is 7.20. The first-order chi connectivity index (χ1) is 20.4. The molecular formula is C33H45ClN2O6S. The second-order valence-electron chi connectivity index (χ2n) is 13.1. The molecule has 236 valence electrons. The summed E-state index contributed by atoms with van der Waals surface area (Å²) in [4.78, 5) is 15.4. The van der Waals surface area contributed by atoms with Crippen molar-refractivity contribution in [2.45, 2.75) is 88.4 Å². The highest BCUT2D eigenvalue weighted by molar-refractivity contribution is 7.90. The fourth-order valence-corrected chi connectivity index (χ4v) is 8.01. The first-order valence-electron chi connectivity index (χ1n) is 15.6. The van der Waals surface area contributed by atoms with Gasteiger partial charge in [-0.1, -0.05) is 37.4 Å². The summed E-state index contributed by atoms with van der Waals surface area (Å²) in [5, 5.41) is 21.7. The van der Waals surface area contributed by atoms with Gasteiger partial charge in [0.1, 0.15) is 5.75 Å². The van der Waals surface area contributed by atoms with Crippen LogP contribution in [0.1, 0.15) is 87.2 Å². The van der Waals surface area contributed by atoms with Gasteiger partial charge in [0.05, 0.1) is 29.8 Å². The Kier molecular flexibility index (Phi) is 9.38. The van der Waals surface area contributed by atoms with Gasteiger partial charge in [-0.15, -0.1) is 0 Å². The molecule has 0 saturated heterocycles. The minimum absolute atomic E-state index is 0.0345. The number of nitrogens with zero attached hydrogens (tertiary/aromatic N) is 1. The van der Waals surface area contributed by atoms with Crippen molar-refractivity contribution in [1.29, 1.82) is 0 Å². The molecule has 0 bridgehead atoms. The van der Waals surface area contributed by atoms with E-state index in [1.54, 1.807) is 18.2 Å². The maximum atomic E-state index is 13.1. The summed E-state index contributed by atoms with van der Waals surface area (Å²) in [6.45, 7) is 6.60. The number of hydrogen-bond acceptors (Lipinski definition) is 7. The highest BCUT2D eigenvalue weighted by Crippen LogP contribution is 2.48. The zero-order chi connectivity index (χ0) is 31.0. The molecule has 1 heterocycles. The summed E-state index contributed by atoms with van der Waals surface area (Å²) in [7, 11) is -3.80. The van der Waals surface area contributed by atoms with E-state index in [1.807, 2.05) is 6.07 Å². The standard InChI is InChI=1S/C33H45ClN2O6S/c1-4-5-15-33(39,20-37)28-11-8-25(28)18-36-19-32(14-6-7-23-16-26(34)10-12-27(23)32)21-42-30-13-9-24(17-29(30)36)31(38)35-43(40,41)22(2)3/h9-10,12-13,16-17,22,25,28,37,39H,4-8,11,14-15,18-21H2,1-3H3,(H,35,38)/t25-,28+,32-,33+/m0/s1. The largest absolute Gasteiger partial charge is 0.490 e. The van der Waals surface area contributed by atoms with Crippen molar-refractivity contribution in [3.63, 3.8) is 0 Å². The Bertz CT molecular complexity index is 1450. The molecule has 43 heavy (non-hydrogen) atoms. The molecule has 2 aromatic carbocycles. The number of hydrogen-bond donors (Lipinski definition) is 3. The number of unbranched alkanes of at least 4 members (excludes halogenated alkanes) is 1. The Morgan fingerprint density at radius 2 is 2.02 bits per heavy atom. The van der Waals surface area contributed by atoms with Crippen LogP contribution >= 0.6 is 11.6 Å². The number of aryl methyl sites for hydroxylation is 1. The van der Waals surface area contributed by atoms with E-state index >= 15 is 0 Å². The Labute approximate surface area is 260 Å². The van der Waals surface area contributed by atoms with Crippen molar-refractivity contribution >= 4 is 33.2 Å². The quantitative estimate of drug-likeness (QED) is 0.329. The maximum absolute atomic E-state index is 13.1. The summed E-state index contributed by atoms with van der Waals surface area (Å²) in [5.41, 5.74) is 1.99. The van der Waals surface area contributed by atoms with Crippen molar-refractivity contribution < 1.29 is 28.2 Å². The number of fused-ring (bicyclic) bond motifs is 3. The van der Waals surface area contributed by atoms with E-state index in [0.29, 0.717) is 36.9 Å². The minimum atomic E-state index is -3.80. The number of ether oxygens (including phenoxy) is 1. The van der Waals surface area contributed by atoms with Crippen molar-refractivity contribution in [1.82, 2.24) is 4.72 Å². The van der Waals surface area contributed by atoms with Gasteiger partial charge in [0, 0.05) is 29.1 Å². The lowest BCUT2D eigenvalue weighted by molar-refractivity contribution is -0.117. The predicted molar refractivity (Wildman–Crippen MR) is 170 cm³/mol. The van der Waals surface area contributed by atoms with Crippen LogP contribution in [0.3, 0.4) is 0 Å². The van der Waals surface area contributed by atoms with Gasteiger partial charge in [-0.05, 0) is 106 Å². The number of amides is 1. The van der Waals surface area contributed by atoms with Gasteiger partial charge in [-0.3, -0.25) is 4.79 Å². The van der Waals surface area contributed by atoms with E-state index in [0.717, 1.165) is 50.6 Å². The van der Waals surface area contributed by atoms with Crippen LogP contribution < -0.4 is 14.4 Å². The first-order valence-corrected chi connectivity index (χ1v) is 17.5. The highest BCUT2D eigenvalue weighted by Gasteiger charge is 2.48. The third-order valence-electron chi connectivity index (χ3n) is 9.95. The van der Waals surface area contributed by atoms with Crippen LogP contribution in [-0.2, 0) is 21.9 Å². The van der Waals surface area contributed by atoms with Crippen molar-refractivity contribution in [2.24, 2.45) is 11.8 Å². The lowest BCUT2D eigenvalue weighted by atomic mass is 9.63. The maximum Gasteiger partial charge on any atom is 0.264 e. The normalized spacial score (nSPS) is 24.8. The van der Waals surface area contributed by atoms with Crippen LogP contribution in [0.4, 0.5) is 5.69 Å². The minimum Gasteiger partial charge on any atom is -0.490 e. The molecule has 0 aromatic heterocycles. The lowest BCUT2D eigenvalue weighted by Gasteiger charge is -2.49. The number of rotatable bonds is 10. The van der Waals surface area contributed by atoms with E-state index < -0.39 is 26.8 Å². The molecule has 1 saturated carbocycles. The smallest absolute Gasteiger partial charge is 0.264 e. The van der Waals surface area contributed by atoms with Gasteiger partial charge in [0.15, 0.2) is 0 Å². The number of anilines is 1. The molecule has 1 aliphatic heterocycles. The topological polar surface area (TPSA) is 116 Å². The monoisotopic (exact) mass is 632 g/mol. The van der Waals surface area contributed by atoms with Crippen LogP contribution in [0.2, 0.25) is 5.02 Å². The number of sulfonamides is 1. The number of benzene rings is 2. The first kappa shape index (κ1) is 32.1. The van der Waals surface area contributed by atoms with E-state index in [1.165, 1.54) is 25.0 Å². The third-order valence-corrected chi connectivity index (χ3v) is 11.9. The van der Waals surface area contributed by atoms with Crippen LogP contribution in [0.5, 0.6) is 5.75 Å². The molecular weight excluding hydrogens is 588 g/mol. The molecule has 3 N–H and O–H groups in total. The van der Waals surface area contributed by atoms with Gasteiger partial charge in [0.2, 0.25) is 10.0 Å². The zero-order valence-electron chi connectivity index (χ0n) is 25.4. The van der Waals surface area contributed by atoms with Gasteiger partial charge in [-0.2, -0.15) is 0 Å². The Balaban J connectivity index is 1.52. The van der Waals surface area contributed by atoms with Crippen LogP contribution in [-0.4, -0.2) is 61.7 Å². The molecule has 0 unspecified atom stereocenters. The summed E-state index contributed by atoms with van der Waals surface area (Å²) in [6.07, 6.45) is 7.01. The number of aliphatic hydroxyl groups is 2. The van der Waals surface area contributed by atoms with Gasteiger partial charge < -0.3 is 19.8 Å². The van der Waals surface area contributed by atoms with Gasteiger partial charge in [0.25, 0.3) is 5.91 Å². The Morgan fingerprint density at radius 3 is 2.70 bits per heavy atom. The van der Waals surface area contributed by atoms with Gasteiger partial charge >= 0.3 is 0 Å². The van der Waals surface area contributed by atoms with Crippen LogP contribution in [0, 0.1) is 11.8 Å². The zero-order valence-corrected chi connectivity index (χ0v) is 27.0. The molecule has 1 amide bonds. The molecule has 0 radical (unpaired) electrons. The number of halogens is 1. The summed E-state index contributed by atoms with van der Waals surface area (Å²) in [6, 6.07) is 11.2. The SMILES string of the molecule is CCCC[C@@](O)(CO)[C@@H]1CC[C@H]1CN1C[C@@]2(CCCc3cc(Cl)ccc32)COc2ccc(C(=O)NS(=O)(=O)C(C)C)cc21. The predicted octanol–water partition coefficient (Wildman–Crippen LogP) is 5.22. The van der Waals surface area contributed by atoms with Crippen molar-refractivity contribution in [2.75, 3.05) is 31.2 Å². The molecule has 3 aliphatic rings. The number of nitrogens with one attached hydrogen (secondary N) is 1. The van der Waals surface area contributed by atoms with Crippen molar-refractivity contribution in [3.8, 4) is 5.75 Å². The highest BCUT2D eigenvalue weighted by atomic mass is 35.5. The number of carbonyl (C=O) groups excluding carboxylic acids is 1. The van der Waals surface area contributed by atoms with Gasteiger partial charge in [-0.25, -0.2) is 13.1 Å². The average molecular weight is 633 g/mol. The summed E-state index contributed by atoms with van der Waals surface area (Å²) < 4.78 is 33.7. The average Bonchev–Trinajstić information content (AvgIpc) is 3.10. The second kappa shape index (κ2) is 12.6. The number of aliphatic hydroxyl groups excluding tert-OH is 1. The number of carbonyl (C=O) groups is 1. The van der Waals surface area contributed by atoms with E-state index in [9.17, 15) is 23.4 Å². The molecule has 1 spiro atoms. The van der Waals surface area contributed by atoms with E-state index in [4.69, 9.17) is 16.3 Å². The van der Waals surface area contributed by atoms with Crippen molar-refractivity contribution in [3.05, 3.63) is 58.1 Å². The molecule has 1 fully saturated rings.